The summed E-state index contributed by atoms with van der Waals surface area (Å²) in [5, 5.41) is 6.98. The standard InChI is InChI=1S/C26H22BrCl2NO2/c1-2-31-25-13-19(15-30-24-9-5-7-18-6-3-4-8-20(18)24)21(27)14-26(25)32-16-17-10-11-22(28)23(29)12-17/h3-14,30H,2,15-16H2,1H3. The molecular formula is C26H22BrCl2NO2. The third-order valence-electron chi connectivity index (χ3n) is 5.05. The minimum Gasteiger partial charge on any atom is -0.490 e. The summed E-state index contributed by atoms with van der Waals surface area (Å²) in [4.78, 5) is 0. The van der Waals surface area contributed by atoms with Crippen molar-refractivity contribution in [3.8, 4) is 11.5 Å². The minimum atomic E-state index is 0.358. The van der Waals surface area contributed by atoms with Gasteiger partial charge in [0.1, 0.15) is 6.61 Å². The van der Waals surface area contributed by atoms with Gasteiger partial charge in [-0.1, -0.05) is 81.6 Å². The molecular weight excluding hydrogens is 509 g/mol. The van der Waals surface area contributed by atoms with Gasteiger partial charge in [-0.05, 0) is 53.8 Å². The van der Waals surface area contributed by atoms with E-state index in [0.717, 1.165) is 21.3 Å². The van der Waals surface area contributed by atoms with Crippen LogP contribution in [0.4, 0.5) is 5.69 Å². The smallest absolute Gasteiger partial charge is 0.162 e. The van der Waals surface area contributed by atoms with Crippen molar-refractivity contribution in [3.05, 3.63) is 98.4 Å². The van der Waals surface area contributed by atoms with Gasteiger partial charge in [-0.2, -0.15) is 0 Å². The number of rotatable bonds is 8. The molecule has 1 N–H and O–H groups in total. The molecule has 0 unspecified atom stereocenters. The lowest BCUT2D eigenvalue weighted by atomic mass is 10.1. The molecule has 0 bridgehead atoms. The highest BCUT2D eigenvalue weighted by Gasteiger charge is 2.12. The number of benzene rings is 4. The Hall–Kier alpha value is -2.40. The zero-order valence-electron chi connectivity index (χ0n) is 17.5. The highest BCUT2D eigenvalue weighted by Crippen LogP contribution is 2.35. The van der Waals surface area contributed by atoms with Crippen LogP contribution in [0.3, 0.4) is 0 Å². The average molecular weight is 531 g/mol. The third-order valence-corrected chi connectivity index (χ3v) is 6.53. The van der Waals surface area contributed by atoms with Gasteiger partial charge >= 0.3 is 0 Å². The second-order valence-electron chi connectivity index (χ2n) is 7.24. The molecule has 0 aromatic heterocycles. The van der Waals surface area contributed by atoms with E-state index in [4.69, 9.17) is 32.7 Å². The molecule has 4 rings (SSSR count). The van der Waals surface area contributed by atoms with E-state index in [9.17, 15) is 0 Å². The number of fused-ring (bicyclic) bond motifs is 1. The number of hydrogen-bond acceptors (Lipinski definition) is 3. The lowest BCUT2D eigenvalue weighted by molar-refractivity contribution is 0.269. The van der Waals surface area contributed by atoms with E-state index in [2.05, 4.69) is 57.6 Å². The van der Waals surface area contributed by atoms with Crippen molar-refractivity contribution < 1.29 is 9.47 Å². The molecule has 0 fully saturated rings. The van der Waals surface area contributed by atoms with E-state index in [-0.39, 0.29) is 0 Å². The molecule has 0 saturated heterocycles. The van der Waals surface area contributed by atoms with Crippen LogP contribution in [0.5, 0.6) is 11.5 Å². The van der Waals surface area contributed by atoms with Crippen LogP contribution in [-0.4, -0.2) is 6.61 Å². The van der Waals surface area contributed by atoms with Crippen molar-refractivity contribution in [1.82, 2.24) is 0 Å². The normalized spacial score (nSPS) is 10.9. The molecule has 0 amide bonds. The Bertz CT molecular complexity index is 1240. The van der Waals surface area contributed by atoms with E-state index in [1.165, 1.54) is 10.8 Å². The van der Waals surface area contributed by atoms with E-state index in [0.29, 0.717) is 41.3 Å². The quantitative estimate of drug-likeness (QED) is 0.247. The summed E-state index contributed by atoms with van der Waals surface area (Å²) in [5.74, 6) is 1.36. The van der Waals surface area contributed by atoms with Gasteiger partial charge in [0.15, 0.2) is 11.5 Å². The van der Waals surface area contributed by atoms with Crippen molar-refractivity contribution in [2.75, 3.05) is 11.9 Å². The van der Waals surface area contributed by atoms with Crippen LogP contribution < -0.4 is 14.8 Å². The predicted octanol–water partition coefficient (Wildman–Crippen LogP) is 8.50. The van der Waals surface area contributed by atoms with E-state index in [1.807, 2.05) is 37.3 Å². The van der Waals surface area contributed by atoms with Crippen LogP contribution in [0.25, 0.3) is 10.8 Å². The summed E-state index contributed by atoms with van der Waals surface area (Å²) >= 11 is 15.8. The summed E-state index contributed by atoms with van der Waals surface area (Å²) < 4.78 is 12.9. The Labute approximate surface area is 206 Å². The van der Waals surface area contributed by atoms with Crippen molar-refractivity contribution in [3.63, 3.8) is 0 Å². The molecule has 0 heterocycles. The molecule has 0 spiro atoms. The maximum Gasteiger partial charge on any atom is 0.162 e. The lowest BCUT2D eigenvalue weighted by Crippen LogP contribution is -2.04. The fraction of sp³-hybridized carbons (Fsp3) is 0.154. The number of ether oxygens (including phenoxy) is 2. The highest BCUT2D eigenvalue weighted by molar-refractivity contribution is 9.10. The molecule has 6 heteroatoms. The van der Waals surface area contributed by atoms with Gasteiger partial charge < -0.3 is 14.8 Å². The summed E-state index contributed by atoms with van der Waals surface area (Å²) in [6, 6.07) is 24.0. The van der Waals surface area contributed by atoms with Crippen molar-refractivity contribution in [1.29, 1.82) is 0 Å². The van der Waals surface area contributed by atoms with Gasteiger partial charge in [0.25, 0.3) is 0 Å². The number of hydrogen-bond donors (Lipinski definition) is 1. The molecule has 0 atom stereocenters. The van der Waals surface area contributed by atoms with Crippen LogP contribution in [-0.2, 0) is 13.2 Å². The van der Waals surface area contributed by atoms with Crippen molar-refractivity contribution in [2.24, 2.45) is 0 Å². The Balaban J connectivity index is 1.53. The van der Waals surface area contributed by atoms with Crippen LogP contribution >= 0.6 is 39.1 Å². The summed E-state index contributed by atoms with van der Waals surface area (Å²) in [6.45, 7) is 3.50. The van der Waals surface area contributed by atoms with Gasteiger partial charge in [-0.15, -0.1) is 0 Å². The molecule has 164 valence electrons. The van der Waals surface area contributed by atoms with Crippen LogP contribution in [0.1, 0.15) is 18.1 Å². The first-order valence-electron chi connectivity index (χ1n) is 10.3. The fourth-order valence-corrected chi connectivity index (χ4v) is 4.24. The largest absolute Gasteiger partial charge is 0.490 e. The average Bonchev–Trinajstić information content (AvgIpc) is 2.80. The van der Waals surface area contributed by atoms with Gasteiger partial charge in [0.2, 0.25) is 0 Å². The van der Waals surface area contributed by atoms with E-state index in [1.54, 1.807) is 6.07 Å². The van der Waals surface area contributed by atoms with Crippen LogP contribution in [0, 0.1) is 0 Å². The minimum absolute atomic E-state index is 0.358. The topological polar surface area (TPSA) is 30.5 Å². The number of anilines is 1. The Morgan fingerprint density at radius 1 is 0.844 bits per heavy atom. The number of nitrogens with one attached hydrogen (secondary N) is 1. The predicted molar refractivity (Wildman–Crippen MR) is 137 cm³/mol. The first-order chi connectivity index (χ1) is 15.5. The molecule has 3 nitrogen and oxygen atoms in total. The maximum atomic E-state index is 6.12. The summed E-state index contributed by atoms with van der Waals surface area (Å²) in [5.41, 5.74) is 3.09. The molecule has 0 aliphatic heterocycles. The third kappa shape index (κ3) is 5.32. The van der Waals surface area contributed by atoms with Crippen LogP contribution in [0.15, 0.2) is 77.3 Å². The highest BCUT2D eigenvalue weighted by atomic mass is 79.9. The SMILES string of the molecule is CCOc1cc(CNc2cccc3ccccc23)c(Br)cc1OCc1ccc(Cl)c(Cl)c1. The summed E-state index contributed by atoms with van der Waals surface area (Å²) in [6.07, 6.45) is 0. The van der Waals surface area contributed by atoms with Gasteiger partial charge in [-0.3, -0.25) is 0 Å². The molecule has 0 aliphatic rings. The Morgan fingerprint density at radius 2 is 1.62 bits per heavy atom. The van der Waals surface area contributed by atoms with Gasteiger partial charge in [0, 0.05) is 22.1 Å². The molecule has 0 saturated carbocycles. The monoisotopic (exact) mass is 529 g/mol. The van der Waals surface area contributed by atoms with E-state index >= 15 is 0 Å². The van der Waals surface area contributed by atoms with Gasteiger partial charge in [0.05, 0.1) is 16.7 Å². The molecule has 32 heavy (non-hydrogen) atoms. The Morgan fingerprint density at radius 3 is 2.44 bits per heavy atom. The zero-order chi connectivity index (χ0) is 22.5. The second kappa shape index (κ2) is 10.5. The summed E-state index contributed by atoms with van der Waals surface area (Å²) in [7, 11) is 0. The van der Waals surface area contributed by atoms with Crippen molar-refractivity contribution in [2.45, 2.75) is 20.1 Å². The first kappa shape index (κ1) is 22.8. The van der Waals surface area contributed by atoms with Crippen molar-refractivity contribution >= 4 is 55.6 Å². The molecule has 0 radical (unpaired) electrons. The Kier molecular flexibility index (Phi) is 7.46. The molecule has 4 aromatic rings. The fourth-order valence-electron chi connectivity index (χ4n) is 3.45. The zero-order valence-corrected chi connectivity index (χ0v) is 20.6. The first-order valence-corrected chi connectivity index (χ1v) is 11.8. The lowest BCUT2D eigenvalue weighted by Gasteiger charge is -2.16. The molecule has 0 aliphatic carbocycles. The van der Waals surface area contributed by atoms with E-state index < -0.39 is 0 Å². The van der Waals surface area contributed by atoms with Crippen LogP contribution in [0.2, 0.25) is 10.0 Å². The maximum absolute atomic E-state index is 6.12. The van der Waals surface area contributed by atoms with Gasteiger partial charge in [-0.25, -0.2) is 0 Å². The second-order valence-corrected chi connectivity index (χ2v) is 8.91. The number of halogens is 3. The molecule has 4 aromatic carbocycles.